The number of benzene rings is 1. The summed E-state index contributed by atoms with van der Waals surface area (Å²) in [6.07, 6.45) is -4.73. The summed E-state index contributed by atoms with van der Waals surface area (Å²) >= 11 is 0. The van der Waals surface area contributed by atoms with Crippen LogP contribution in [0.2, 0.25) is 0 Å². The van der Waals surface area contributed by atoms with Crippen LogP contribution in [0.25, 0.3) is 0 Å². The van der Waals surface area contributed by atoms with Crippen LogP contribution in [-0.4, -0.2) is 11.4 Å². The molecule has 0 aliphatic carbocycles. The van der Waals surface area contributed by atoms with E-state index in [0.717, 1.165) is 6.07 Å². The van der Waals surface area contributed by atoms with Crippen LogP contribution in [-0.2, 0) is 17.4 Å². The topological polar surface area (TPSA) is 29.1 Å². The van der Waals surface area contributed by atoms with E-state index in [2.05, 4.69) is 5.32 Å². The highest BCUT2D eigenvalue weighted by atomic mass is 19.4. The average molecular weight is 301 g/mol. The van der Waals surface area contributed by atoms with Crippen molar-refractivity contribution >= 4 is 5.91 Å². The molecule has 1 rings (SSSR count). The van der Waals surface area contributed by atoms with Crippen LogP contribution in [0.15, 0.2) is 18.2 Å². The van der Waals surface area contributed by atoms with Crippen molar-refractivity contribution in [3.8, 4) is 0 Å². The minimum atomic E-state index is -4.46. The Morgan fingerprint density at radius 3 is 2.19 bits per heavy atom. The molecule has 0 aliphatic rings. The van der Waals surface area contributed by atoms with Crippen LogP contribution >= 0.6 is 0 Å². The average Bonchev–Trinajstić information content (AvgIpc) is 2.24. The predicted octanol–water partition coefficient (Wildman–Crippen LogP) is 4.29. The number of nitrogens with one attached hydrogen (secondary N) is 1. The fraction of sp³-hybridized carbons (Fsp3) is 0.562. The lowest BCUT2D eigenvalue weighted by atomic mass is 9.95. The van der Waals surface area contributed by atoms with Gasteiger partial charge in [-0.25, -0.2) is 0 Å². The van der Waals surface area contributed by atoms with E-state index in [1.807, 2.05) is 13.8 Å². The maximum Gasteiger partial charge on any atom is 0.416 e. The van der Waals surface area contributed by atoms with Crippen molar-refractivity contribution in [2.24, 2.45) is 0 Å². The molecule has 118 valence electrons. The summed E-state index contributed by atoms with van der Waals surface area (Å²) in [6, 6.07) is 4.20. The third-order valence-electron chi connectivity index (χ3n) is 2.97. The quantitative estimate of drug-likeness (QED) is 0.886. The molecule has 0 aliphatic heterocycles. The van der Waals surface area contributed by atoms with E-state index in [9.17, 15) is 18.0 Å². The molecule has 0 atom stereocenters. The Kier molecular flexibility index (Phi) is 5.07. The van der Waals surface area contributed by atoms with Crippen molar-refractivity contribution in [2.75, 3.05) is 0 Å². The molecule has 0 radical (unpaired) electrons. The van der Waals surface area contributed by atoms with Gasteiger partial charge in [-0.3, -0.25) is 4.79 Å². The Bertz CT molecular complexity index is 513. The second-order valence-electron chi connectivity index (χ2n) is 6.54. The molecule has 0 saturated carbocycles. The van der Waals surface area contributed by atoms with Crippen LogP contribution in [0.1, 0.15) is 57.2 Å². The molecule has 0 bridgehead atoms. The van der Waals surface area contributed by atoms with Gasteiger partial charge in [0.1, 0.15) is 0 Å². The SMILES string of the molecule is CC(C)c1ccc(CC(=O)NC(C)(C)C)c(C(F)(F)F)c1. The van der Waals surface area contributed by atoms with E-state index >= 15 is 0 Å². The molecule has 1 amide bonds. The number of carbonyl (C=O) groups is 1. The smallest absolute Gasteiger partial charge is 0.351 e. The Hall–Kier alpha value is -1.52. The minimum absolute atomic E-state index is 0.00329. The van der Waals surface area contributed by atoms with Crippen molar-refractivity contribution in [2.45, 2.75) is 58.7 Å². The number of hydrogen-bond donors (Lipinski definition) is 1. The first-order valence-corrected chi connectivity index (χ1v) is 6.91. The van der Waals surface area contributed by atoms with Gasteiger partial charge < -0.3 is 5.32 Å². The Labute approximate surface area is 123 Å². The van der Waals surface area contributed by atoms with Gasteiger partial charge in [0.05, 0.1) is 12.0 Å². The normalized spacial score (nSPS) is 12.6. The zero-order valence-electron chi connectivity index (χ0n) is 13.1. The highest BCUT2D eigenvalue weighted by molar-refractivity contribution is 5.79. The molecule has 2 nitrogen and oxygen atoms in total. The molecular formula is C16H22F3NO. The number of alkyl halides is 3. The molecule has 1 N–H and O–H groups in total. The van der Waals surface area contributed by atoms with Gasteiger partial charge in [0, 0.05) is 5.54 Å². The van der Waals surface area contributed by atoms with Crippen LogP contribution in [0.3, 0.4) is 0 Å². The summed E-state index contributed by atoms with van der Waals surface area (Å²) in [5, 5.41) is 2.68. The summed E-state index contributed by atoms with van der Waals surface area (Å²) in [5.41, 5.74) is -0.568. The van der Waals surface area contributed by atoms with Crippen LogP contribution < -0.4 is 5.32 Å². The highest BCUT2D eigenvalue weighted by Crippen LogP contribution is 2.34. The second-order valence-corrected chi connectivity index (χ2v) is 6.54. The molecule has 1 aromatic rings. The first-order valence-electron chi connectivity index (χ1n) is 6.91. The summed E-state index contributed by atoms with van der Waals surface area (Å²) in [4.78, 5) is 11.8. The molecule has 0 heterocycles. The minimum Gasteiger partial charge on any atom is -0.351 e. The molecule has 0 spiro atoms. The van der Waals surface area contributed by atoms with Crippen LogP contribution in [0.4, 0.5) is 13.2 Å². The van der Waals surface area contributed by atoms with Gasteiger partial charge in [-0.2, -0.15) is 13.2 Å². The summed E-state index contributed by atoms with van der Waals surface area (Å²) in [5.74, 6) is -0.408. The molecule has 0 fully saturated rings. The van der Waals surface area contributed by atoms with E-state index < -0.39 is 23.2 Å². The summed E-state index contributed by atoms with van der Waals surface area (Å²) < 4.78 is 39.4. The lowest BCUT2D eigenvalue weighted by Gasteiger charge is -2.21. The fourth-order valence-corrected chi connectivity index (χ4v) is 2.01. The first-order chi connectivity index (χ1) is 9.40. The van der Waals surface area contributed by atoms with Gasteiger partial charge in [-0.05, 0) is 43.9 Å². The van der Waals surface area contributed by atoms with Crippen molar-refractivity contribution < 1.29 is 18.0 Å². The third-order valence-corrected chi connectivity index (χ3v) is 2.97. The maximum absolute atomic E-state index is 13.1. The van der Waals surface area contributed by atoms with Crippen molar-refractivity contribution in [3.05, 3.63) is 34.9 Å². The number of hydrogen-bond acceptors (Lipinski definition) is 1. The highest BCUT2D eigenvalue weighted by Gasteiger charge is 2.34. The molecule has 0 aromatic heterocycles. The van der Waals surface area contributed by atoms with E-state index in [-0.39, 0.29) is 17.9 Å². The van der Waals surface area contributed by atoms with Gasteiger partial charge in [-0.15, -0.1) is 0 Å². The monoisotopic (exact) mass is 301 g/mol. The van der Waals surface area contributed by atoms with Gasteiger partial charge >= 0.3 is 6.18 Å². The number of halogens is 3. The number of carbonyl (C=O) groups excluding carboxylic acids is 1. The van der Waals surface area contributed by atoms with Gasteiger partial charge in [-0.1, -0.05) is 26.0 Å². The largest absolute Gasteiger partial charge is 0.416 e. The van der Waals surface area contributed by atoms with Crippen molar-refractivity contribution in [1.29, 1.82) is 0 Å². The van der Waals surface area contributed by atoms with E-state index in [4.69, 9.17) is 0 Å². The molecule has 0 unspecified atom stereocenters. The molecule has 5 heteroatoms. The summed E-state index contributed by atoms with van der Waals surface area (Å²) in [6.45, 7) is 9.04. The number of rotatable bonds is 3. The van der Waals surface area contributed by atoms with E-state index in [1.165, 1.54) is 6.07 Å². The van der Waals surface area contributed by atoms with Gasteiger partial charge in [0.15, 0.2) is 0 Å². The number of amides is 1. The van der Waals surface area contributed by atoms with Crippen LogP contribution in [0, 0.1) is 0 Å². The zero-order valence-corrected chi connectivity index (χ0v) is 13.1. The molecule has 1 aromatic carbocycles. The molecule has 21 heavy (non-hydrogen) atoms. The standard InChI is InChI=1S/C16H22F3NO/c1-10(2)11-6-7-12(13(8-11)16(17,18)19)9-14(21)20-15(3,4)5/h6-8,10H,9H2,1-5H3,(H,20,21). The van der Waals surface area contributed by atoms with Crippen LogP contribution in [0.5, 0.6) is 0 Å². The summed E-state index contributed by atoms with van der Waals surface area (Å²) in [7, 11) is 0. The second kappa shape index (κ2) is 6.08. The molecular weight excluding hydrogens is 279 g/mol. The van der Waals surface area contributed by atoms with Crippen molar-refractivity contribution in [1.82, 2.24) is 5.32 Å². The third kappa shape index (κ3) is 5.40. The predicted molar refractivity (Wildman–Crippen MR) is 77.1 cm³/mol. The molecule has 0 saturated heterocycles. The Morgan fingerprint density at radius 2 is 1.76 bits per heavy atom. The lowest BCUT2D eigenvalue weighted by Crippen LogP contribution is -2.41. The zero-order chi connectivity index (χ0) is 16.4. The lowest BCUT2D eigenvalue weighted by molar-refractivity contribution is -0.138. The Morgan fingerprint density at radius 1 is 1.19 bits per heavy atom. The Balaban J connectivity index is 3.10. The van der Waals surface area contributed by atoms with E-state index in [0.29, 0.717) is 5.56 Å². The first kappa shape index (κ1) is 17.5. The fourth-order valence-electron chi connectivity index (χ4n) is 2.01. The van der Waals surface area contributed by atoms with E-state index in [1.54, 1.807) is 26.8 Å². The van der Waals surface area contributed by atoms with Gasteiger partial charge in [0.2, 0.25) is 5.91 Å². The maximum atomic E-state index is 13.1. The van der Waals surface area contributed by atoms with Gasteiger partial charge in [0.25, 0.3) is 0 Å². The van der Waals surface area contributed by atoms with Crippen molar-refractivity contribution in [3.63, 3.8) is 0 Å².